The number of nitrogens with one attached hydrogen (secondary N) is 2. The molecule has 0 saturated carbocycles. The Bertz CT molecular complexity index is 1050. The van der Waals surface area contributed by atoms with Gasteiger partial charge in [-0.3, -0.25) is 4.79 Å². The Balaban J connectivity index is 1.67. The van der Waals surface area contributed by atoms with Crippen molar-refractivity contribution in [2.24, 2.45) is 5.10 Å². The van der Waals surface area contributed by atoms with Gasteiger partial charge in [-0.05, 0) is 28.6 Å². The van der Waals surface area contributed by atoms with Crippen molar-refractivity contribution >= 4 is 23.5 Å². The number of rotatable bonds is 5. The molecule has 0 fully saturated rings. The van der Waals surface area contributed by atoms with Gasteiger partial charge in [0.15, 0.2) is 0 Å². The van der Waals surface area contributed by atoms with E-state index in [2.05, 4.69) is 15.5 Å². The molecule has 1 amide bonds. The molecule has 0 bridgehead atoms. The molecule has 27 heavy (non-hydrogen) atoms. The Morgan fingerprint density at radius 3 is 2.30 bits per heavy atom. The van der Waals surface area contributed by atoms with Crippen LogP contribution in [0.4, 0.5) is 0 Å². The molecule has 2 N–H and O–H groups in total. The highest BCUT2D eigenvalue weighted by Crippen LogP contribution is 2.29. The normalized spacial score (nSPS) is 11.0. The summed E-state index contributed by atoms with van der Waals surface area (Å²) in [6.07, 6.45) is 1.64. The number of carbonyl (C=O) groups excluding carboxylic acids is 1. The number of amides is 1. The van der Waals surface area contributed by atoms with Crippen molar-refractivity contribution in [2.75, 3.05) is 0 Å². The molecule has 2 aromatic heterocycles. The number of hydrogen-bond acceptors (Lipinski definition) is 3. The number of nitrogens with zero attached hydrogens (tertiary/aromatic N) is 1. The van der Waals surface area contributed by atoms with Gasteiger partial charge >= 0.3 is 0 Å². The molecule has 0 aliphatic carbocycles. The van der Waals surface area contributed by atoms with Crippen LogP contribution < -0.4 is 5.43 Å². The van der Waals surface area contributed by atoms with Gasteiger partial charge in [-0.15, -0.1) is 11.3 Å². The van der Waals surface area contributed by atoms with Crippen LogP contribution in [-0.4, -0.2) is 17.1 Å². The van der Waals surface area contributed by atoms with Crippen molar-refractivity contribution in [1.82, 2.24) is 10.4 Å². The predicted octanol–water partition coefficient (Wildman–Crippen LogP) is 5.17. The number of carbonyl (C=O) groups is 1. The predicted molar refractivity (Wildman–Crippen MR) is 111 cm³/mol. The van der Waals surface area contributed by atoms with E-state index in [-0.39, 0.29) is 5.91 Å². The summed E-state index contributed by atoms with van der Waals surface area (Å²) in [5.41, 5.74) is 6.84. The van der Waals surface area contributed by atoms with E-state index >= 15 is 0 Å². The molecule has 0 atom stereocenters. The molecule has 4 rings (SSSR count). The van der Waals surface area contributed by atoms with Crippen LogP contribution in [0.1, 0.15) is 15.4 Å². The van der Waals surface area contributed by atoms with Crippen LogP contribution in [-0.2, 0) is 0 Å². The maximum absolute atomic E-state index is 12.8. The van der Waals surface area contributed by atoms with Crippen molar-refractivity contribution in [3.8, 4) is 22.4 Å². The van der Waals surface area contributed by atoms with Crippen LogP contribution in [0.15, 0.2) is 89.3 Å². The van der Waals surface area contributed by atoms with Crippen LogP contribution in [0, 0.1) is 0 Å². The second kappa shape index (κ2) is 7.85. The highest BCUT2D eigenvalue weighted by Gasteiger charge is 2.17. The lowest BCUT2D eigenvalue weighted by molar-refractivity contribution is 0.0951. The van der Waals surface area contributed by atoms with E-state index in [4.69, 9.17) is 0 Å². The van der Waals surface area contributed by atoms with Gasteiger partial charge in [0.05, 0.1) is 6.21 Å². The summed E-state index contributed by atoms with van der Waals surface area (Å²) < 4.78 is 0. The number of hydrazone groups is 1. The van der Waals surface area contributed by atoms with Crippen molar-refractivity contribution in [2.45, 2.75) is 0 Å². The fraction of sp³-hybridized carbons (Fsp3) is 0. The van der Waals surface area contributed by atoms with E-state index in [1.54, 1.807) is 17.6 Å². The molecule has 4 aromatic rings. The van der Waals surface area contributed by atoms with E-state index in [1.807, 2.05) is 84.2 Å². The first-order valence-corrected chi connectivity index (χ1v) is 9.40. The van der Waals surface area contributed by atoms with Crippen molar-refractivity contribution in [3.63, 3.8) is 0 Å². The molecular weight excluding hydrogens is 354 g/mol. The van der Waals surface area contributed by atoms with Gasteiger partial charge in [0.25, 0.3) is 5.91 Å². The molecule has 132 valence electrons. The smallest absolute Gasteiger partial charge is 0.288 e. The first-order valence-electron chi connectivity index (χ1n) is 8.52. The largest absolute Gasteiger partial charge is 0.350 e. The van der Waals surface area contributed by atoms with E-state index in [9.17, 15) is 4.79 Å². The highest BCUT2D eigenvalue weighted by atomic mass is 32.1. The molecule has 0 spiro atoms. The lowest BCUT2D eigenvalue weighted by Gasteiger charge is -2.03. The average Bonchev–Trinajstić information content (AvgIpc) is 3.39. The monoisotopic (exact) mass is 371 g/mol. The summed E-state index contributed by atoms with van der Waals surface area (Å²) in [4.78, 5) is 17.0. The summed E-state index contributed by atoms with van der Waals surface area (Å²) >= 11 is 1.56. The Morgan fingerprint density at radius 1 is 0.926 bits per heavy atom. The minimum absolute atomic E-state index is 0.274. The quantitative estimate of drug-likeness (QED) is 0.369. The zero-order valence-corrected chi connectivity index (χ0v) is 15.2. The van der Waals surface area contributed by atoms with Crippen LogP contribution in [0.25, 0.3) is 22.4 Å². The molecule has 5 heteroatoms. The summed E-state index contributed by atoms with van der Waals surface area (Å²) in [5.74, 6) is -0.274. The molecule has 0 aliphatic heterocycles. The third kappa shape index (κ3) is 3.88. The first kappa shape index (κ1) is 17.0. The summed E-state index contributed by atoms with van der Waals surface area (Å²) in [7, 11) is 0. The van der Waals surface area contributed by atoms with Crippen molar-refractivity contribution in [1.29, 1.82) is 0 Å². The summed E-state index contributed by atoms with van der Waals surface area (Å²) in [6, 6.07) is 25.7. The zero-order valence-electron chi connectivity index (χ0n) is 14.4. The third-order valence-electron chi connectivity index (χ3n) is 4.12. The van der Waals surface area contributed by atoms with Gasteiger partial charge in [0.2, 0.25) is 0 Å². The fourth-order valence-corrected chi connectivity index (χ4v) is 3.41. The molecule has 0 radical (unpaired) electrons. The maximum atomic E-state index is 12.8. The minimum atomic E-state index is -0.274. The molecule has 0 aliphatic rings. The Morgan fingerprint density at radius 2 is 1.63 bits per heavy atom. The van der Waals surface area contributed by atoms with Crippen molar-refractivity contribution < 1.29 is 4.79 Å². The van der Waals surface area contributed by atoms with Crippen molar-refractivity contribution in [3.05, 3.63) is 94.8 Å². The van der Waals surface area contributed by atoms with Crippen LogP contribution in [0.3, 0.4) is 0 Å². The fourth-order valence-electron chi connectivity index (χ4n) is 2.83. The highest BCUT2D eigenvalue weighted by molar-refractivity contribution is 7.11. The van der Waals surface area contributed by atoms with Crippen LogP contribution in [0.2, 0.25) is 0 Å². The summed E-state index contributed by atoms with van der Waals surface area (Å²) in [5, 5.41) is 6.04. The average molecular weight is 371 g/mol. The van der Waals surface area contributed by atoms with Gasteiger partial charge in [-0.1, -0.05) is 66.7 Å². The lowest BCUT2D eigenvalue weighted by atomic mass is 10.0. The molecule has 2 aromatic carbocycles. The van der Waals surface area contributed by atoms with Gasteiger partial charge in [-0.25, -0.2) is 5.43 Å². The second-order valence-electron chi connectivity index (χ2n) is 5.92. The third-order valence-corrected chi connectivity index (χ3v) is 4.92. The summed E-state index contributed by atoms with van der Waals surface area (Å²) in [6.45, 7) is 0. The lowest BCUT2D eigenvalue weighted by Crippen LogP contribution is -2.18. The van der Waals surface area contributed by atoms with Gasteiger partial charge in [0.1, 0.15) is 5.69 Å². The van der Waals surface area contributed by atoms with E-state index in [1.165, 1.54) is 0 Å². The Labute approximate surface area is 161 Å². The van der Waals surface area contributed by atoms with Gasteiger partial charge in [0, 0.05) is 16.1 Å². The Kier molecular flexibility index (Phi) is 4.94. The molecule has 0 unspecified atom stereocenters. The maximum Gasteiger partial charge on any atom is 0.288 e. The molecule has 0 saturated heterocycles. The molecule has 4 nitrogen and oxygen atoms in total. The van der Waals surface area contributed by atoms with Gasteiger partial charge in [-0.2, -0.15) is 5.10 Å². The first-order chi connectivity index (χ1) is 13.3. The second-order valence-corrected chi connectivity index (χ2v) is 6.90. The van der Waals surface area contributed by atoms with E-state index in [0.717, 1.165) is 27.3 Å². The molecule has 2 heterocycles. The van der Waals surface area contributed by atoms with Crippen LogP contribution in [0.5, 0.6) is 0 Å². The molecular formula is C22H17N3OS. The number of H-pyrrole nitrogens is 1. The number of aromatic amines is 1. The zero-order chi connectivity index (χ0) is 18.5. The SMILES string of the molecule is O=C(N/N=C/c1cccs1)c1[nH]c(-c2ccccc2)cc1-c1ccccc1. The Hall–Kier alpha value is -3.44. The van der Waals surface area contributed by atoms with E-state index < -0.39 is 0 Å². The standard InChI is InChI=1S/C22H17N3OS/c26-22(25-23-15-18-12-7-13-27-18)21-19(16-8-3-1-4-9-16)14-20(24-21)17-10-5-2-6-11-17/h1-15,24H,(H,25,26)/b23-15+. The van der Waals surface area contributed by atoms with Crippen LogP contribution >= 0.6 is 11.3 Å². The number of benzene rings is 2. The minimum Gasteiger partial charge on any atom is -0.350 e. The number of thiophene rings is 1. The number of aromatic nitrogens is 1. The number of hydrogen-bond donors (Lipinski definition) is 2. The van der Waals surface area contributed by atoms with Gasteiger partial charge < -0.3 is 4.98 Å². The topological polar surface area (TPSA) is 57.2 Å². The van der Waals surface area contributed by atoms with E-state index in [0.29, 0.717) is 5.69 Å².